The second-order valence-corrected chi connectivity index (χ2v) is 4.18. The fraction of sp³-hybridized carbons (Fsp3) is 0.333. The summed E-state index contributed by atoms with van der Waals surface area (Å²) in [6.07, 6.45) is 0. The summed E-state index contributed by atoms with van der Waals surface area (Å²) in [5.41, 5.74) is -0.449. The van der Waals surface area contributed by atoms with Crippen LogP contribution in [0.4, 0.5) is 13.2 Å². The zero-order chi connectivity index (χ0) is 14.9. The summed E-state index contributed by atoms with van der Waals surface area (Å²) in [4.78, 5) is 24.0. The molecule has 1 saturated heterocycles. The molecule has 1 aromatic carbocycles. The molecule has 0 bridgehead atoms. The topological polar surface area (TPSA) is 66.8 Å². The second kappa shape index (κ2) is 5.49. The van der Waals surface area contributed by atoms with E-state index in [4.69, 9.17) is 9.84 Å². The van der Waals surface area contributed by atoms with Gasteiger partial charge in [-0.15, -0.1) is 0 Å². The molecule has 1 amide bonds. The van der Waals surface area contributed by atoms with Crippen LogP contribution in [0, 0.1) is 17.5 Å². The second-order valence-electron chi connectivity index (χ2n) is 4.18. The van der Waals surface area contributed by atoms with Crippen molar-refractivity contribution in [3.05, 3.63) is 35.1 Å². The molecule has 20 heavy (non-hydrogen) atoms. The third kappa shape index (κ3) is 2.60. The average molecular weight is 289 g/mol. The maximum absolute atomic E-state index is 13.1. The number of morpholine rings is 1. The molecule has 5 nitrogen and oxygen atoms in total. The van der Waals surface area contributed by atoms with E-state index in [1.54, 1.807) is 0 Å². The lowest BCUT2D eigenvalue weighted by atomic mass is 10.1. The van der Waals surface area contributed by atoms with Gasteiger partial charge in [0.15, 0.2) is 23.5 Å². The van der Waals surface area contributed by atoms with Crippen molar-refractivity contribution in [1.82, 2.24) is 4.90 Å². The lowest BCUT2D eigenvalue weighted by Gasteiger charge is -2.32. The first-order valence-corrected chi connectivity index (χ1v) is 5.68. The highest BCUT2D eigenvalue weighted by molar-refractivity contribution is 5.96. The van der Waals surface area contributed by atoms with E-state index >= 15 is 0 Å². The Bertz CT molecular complexity index is 541. The van der Waals surface area contributed by atoms with Crippen molar-refractivity contribution < 1.29 is 32.6 Å². The number of benzene rings is 1. The Morgan fingerprint density at radius 3 is 2.40 bits per heavy atom. The fourth-order valence-electron chi connectivity index (χ4n) is 1.90. The Labute approximate surface area is 111 Å². The number of amides is 1. The lowest BCUT2D eigenvalue weighted by Crippen LogP contribution is -2.52. The summed E-state index contributed by atoms with van der Waals surface area (Å²) >= 11 is 0. The molecule has 108 valence electrons. The van der Waals surface area contributed by atoms with Gasteiger partial charge in [-0.3, -0.25) is 4.79 Å². The zero-order valence-corrected chi connectivity index (χ0v) is 10.1. The van der Waals surface area contributed by atoms with Gasteiger partial charge in [0.1, 0.15) is 0 Å². The number of ether oxygens (including phenoxy) is 1. The zero-order valence-electron chi connectivity index (χ0n) is 10.1. The third-order valence-corrected chi connectivity index (χ3v) is 2.91. The molecule has 0 spiro atoms. The van der Waals surface area contributed by atoms with Crippen LogP contribution in [-0.4, -0.2) is 47.7 Å². The number of carbonyl (C=O) groups excluding carboxylic acids is 1. The van der Waals surface area contributed by atoms with Gasteiger partial charge in [0.25, 0.3) is 5.91 Å². The normalized spacial score (nSPS) is 18.9. The number of hydrogen-bond donors (Lipinski definition) is 1. The molecule has 2 rings (SSSR count). The average Bonchev–Trinajstić information content (AvgIpc) is 2.43. The summed E-state index contributed by atoms with van der Waals surface area (Å²) in [5, 5.41) is 8.98. The van der Waals surface area contributed by atoms with Crippen LogP contribution in [0.1, 0.15) is 10.4 Å². The van der Waals surface area contributed by atoms with Gasteiger partial charge in [0, 0.05) is 12.1 Å². The SMILES string of the molecule is O=C(O)C1COCCN1C(=O)c1cc(F)c(F)c(F)c1. The molecule has 1 unspecified atom stereocenters. The number of carboxylic acids is 1. The van der Waals surface area contributed by atoms with E-state index in [0.717, 1.165) is 4.90 Å². The van der Waals surface area contributed by atoms with Crippen LogP contribution >= 0.6 is 0 Å². The Kier molecular flexibility index (Phi) is 3.93. The Balaban J connectivity index is 2.32. The number of aliphatic carboxylic acids is 1. The molecule has 8 heteroatoms. The van der Waals surface area contributed by atoms with E-state index in [-0.39, 0.29) is 19.8 Å². The summed E-state index contributed by atoms with van der Waals surface area (Å²) < 4.78 is 44.0. The number of nitrogens with zero attached hydrogens (tertiary/aromatic N) is 1. The fourth-order valence-corrected chi connectivity index (χ4v) is 1.90. The predicted molar refractivity (Wildman–Crippen MR) is 59.6 cm³/mol. The van der Waals surface area contributed by atoms with Gasteiger partial charge in [-0.1, -0.05) is 0 Å². The number of carboxylic acid groups (broad SMARTS) is 1. The monoisotopic (exact) mass is 289 g/mol. The van der Waals surface area contributed by atoms with Crippen LogP contribution in [0.2, 0.25) is 0 Å². The first-order chi connectivity index (χ1) is 9.41. The summed E-state index contributed by atoms with van der Waals surface area (Å²) in [6, 6.07) is -0.169. The molecule has 0 aromatic heterocycles. The van der Waals surface area contributed by atoms with Gasteiger partial charge in [-0.2, -0.15) is 0 Å². The standard InChI is InChI=1S/C12H10F3NO4/c13-7-3-6(4-8(14)10(7)15)11(17)16-1-2-20-5-9(16)12(18)19/h3-4,9H,1-2,5H2,(H,18,19). The minimum atomic E-state index is -1.68. The molecular formula is C12H10F3NO4. The molecule has 1 aromatic rings. The summed E-state index contributed by atoms with van der Waals surface area (Å²) in [6.45, 7) is -0.134. The van der Waals surface area contributed by atoms with Crippen molar-refractivity contribution in [2.45, 2.75) is 6.04 Å². The van der Waals surface area contributed by atoms with E-state index in [9.17, 15) is 22.8 Å². The lowest BCUT2D eigenvalue weighted by molar-refractivity contribution is -0.147. The molecule has 1 aliphatic rings. The van der Waals surface area contributed by atoms with Gasteiger partial charge in [0.05, 0.1) is 13.2 Å². The van der Waals surface area contributed by atoms with Crippen LogP contribution < -0.4 is 0 Å². The summed E-state index contributed by atoms with van der Waals surface area (Å²) in [7, 11) is 0. The number of carbonyl (C=O) groups is 2. The van der Waals surface area contributed by atoms with Gasteiger partial charge < -0.3 is 14.7 Å². The van der Waals surface area contributed by atoms with Crippen LogP contribution in [0.5, 0.6) is 0 Å². The highest BCUT2D eigenvalue weighted by Gasteiger charge is 2.33. The largest absolute Gasteiger partial charge is 0.480 e. The van der Waals surface area contributed by atoms with E-state index in [1.807, 2.05) is 0 Å². The Morgan fingerprint density at radius 1 is 1.25 bits per heavy atom. The highest BCUT2D eigenvalue weighted by Crippen LogP contribution is 2.18. The van der Waals surface area contributed by atoms with Crippen molar-refractivity contribution >= 4 is 11.9 Å². The molecular weight excluding hydrogens is 279 g/mol. The van der Waals surface area contributed by atoms with Gasteiger partial charge in [0.2, 0.25) is 0 Å². The Morgan fingerprint density at radius 2 is 1.85 bits per heavy atom. The van der Waals surface area contributed by atoms with Crippen LogP contribution in [0.15, 0.2) is 12.1 Å². The van der Waals surface area contributed by atoms with Crippen LogP contribution in [0.3, 0.4) is 0 Å². The first kappa shape index (κ1) is 14.3. The number of rotatable bonds is 2. The van der Waals surface area contributed by atoms with Crippen molar-refractivity contribution in [2.24, 2.45) is 0 Å². The van der Waals surface area contributed by atoms with Crippen LogP contribution in [0.25, 0.3) is 0 Å². The quantitative estimate of drug-likeness (QED) is 0.826. The molecule has 1 heterocycles. The molecule has 1 atom stereocenters. The molecule has 0 aliphatic carbocycles. The minimum Gasteiger partial charge on any atom is -0.480 e. The molecule has 1 fully saturated rings. The van der Waals surface area contributed by atoms with Crippen molar-refractivity contribution in [1.29, 1.82) is 0 Å². The van der Waals surface area contributed by atoms with E-state index in [1.165, 1.54) is 0 Å². The van der Waals surface area contributed by atoms with Crippen molar-refractivity contribution in [2.75, 3.05) is 19.8 Å². The van der Waals surface area contributed by atoms with Crippen molar-refractivity contribution in [3.8, 4) is 0 Å². The predicted octanol–water partition coefficient (Wildman–Crippen LogP) is 1.03. The van der Waals surface area contributed by atoms with E-state index < -0.39 is 40.9 Å². The number of halogens is 3. The van der Waals surface area contributed by atoms with Gasteiger partial charge >= 0.3 is 5.97 Å². The van der Waals surface area contributed by atoms with E-state index in [2.05, 4.69) is 0 Å². The smallest absolute Gasteiger partial charge is 0.328 e. The molecule has 0 radical (unpaired) electrons. The highest BCUT2D eigenvalue weighted by atomic mass is 19.2. The third-order valence-electron chi connectivity index (χ3n) is 2.91. The maximum atomic E-state index is 13.1. The summed E-state index contributed by atoms with van der Waals surface area (Å²) in [5.74, 6) is -6.88. The minimum absolute atomic E-state index is 0.0313. The molecule has 1 aliphatic heterocycles. The number of hydrogen-bond acceptors (Lipinski definition) is 3. The van der Waals surface area contributed by atoms with Gasteiger partial charge in [-0.25, -0.2) is 18.0 Å². The molecule has 0 saturated carbocycles. The van der Waals surface area contributed by atoms with E-state index in [0.29, 0.717) is 12.1 Å². The van der Waals surface area contributed by atoms with Gasteiger partial charge in [-0.05, 0) is 12.1 Å². The molecule has 1 N–H and O–H groups in total. The Hall–Kier alpha value is -2.09. The van der Waals surface area contributed by atoms with Crippen molar-refractivity contribution in [3.63, 3.8) is 0 Å². The first-order valence-electron chi connectivity index (χ1n) is 5.68. The maximum Gasteiger partial charge on any atom is 0.328 e. The van der Waals surface area contributed by atoms with Crippen LogP contribution in [-0.2, 0) is 9.53 Å².